The lowest BCUT2D eigenvalue weighted by Crippen LogP contribution is -2.36. The predicted molar refractivity (Wildman–Crippen MR) is 112 cm³/mol. The highest BCUT2D eigenvalue weighted by Gasteiger charge is 2.24. The number of carbonyl (C=O) groups is 4. The second-order valence-electron chi connectivity index (χ2n) is 6.55. The van der Waals surface area contributed by atoms with E-state index in [1.165, 1.54) is 19.9 Å². The molecule has 2 aromatic rings. The SMILES string of the molecule is CC(=O)c1cccc(NC(=O)[C@@H](C)OC(=O)C[C@@H](NC(N)=O)c2ccccc2Cl)c1. The minimum Gasteiger partial charge on any atom is -0.452 e. The van der Waals surface area contributed by atoms with E-state index in [4.69, 9.17) is 22.1 Å². The van der Waals surface area contributed by atoms with Crippen LogP contribution in [0.2, 0.25) is 5.02 Å². The van der Waals surface area contributed by atoms with Crippen molar-refractivity contribution < 1.29 is 23.9 Å². The van der Waals surface area contributed by atoms with Crippen molar-refractivity contribution >= 4 is 41.0 Å². The van der Waals surface area contributed by atoms with Crippen molar-refractivity contribution in [2.75, 3.05) is 5.32 Å². The number of urea groups is 1. The van der Waals surface area contributed by atoms with E-state index in [1.807, 2.05) is 0 Å². The van der Waals surface area contributed by atoms with Crippen LogP contribution in [0.25, 0.3) is 0 Å². The Morgan fingerprint density at radius 2 is 1.80 bits per heavy atom. The lowest BCUT2D eigenvalue weighted by atomic mass is 10.0. The Morgan fingerprint density at radius 3 is 2.43 bits per heavy atom. The van der Waals surface area contributed by atoms with Gasteiger partial charge >= 0.3 is 12.0 Å². The van der Waals surface area contributed by atoms with Gasteiger partial charge in [-0.2, -0.15) is 0 Å². The fraction of sp³-hybridized carbons (Fsp3) is 0.238. The van der Waals surface area contributed by atoms with Crippen molar-refractivity contribution in [3.05, 3.63) is 64.7 Å². The van der Waals surface area contributed by atoms with Gasteiger partial charge in [0, 0.05) is 16.3 Å². The summed E-state index contributed by atoms with van der Waals surface area (Å²) in [5.74, 6) is -1.44. The zero-order valence-electron chi connectivity index (χ0n) is 16.5. The fourth-order valence-electron chi connectivity index (χ4n) is 2.69. The summed E-state index contributed by atoms with van der Waals surface area (Å²) in [5, 5.41) is 5.38. The van der Waals surface area contributed by atoms with Crippen LogP contribution >= 0.6 is 11.6 Å². The lowest BCUT2D eigenvalue weighted by molar-refractivity contribution is -0.153. The monoisotopic (exact) mass is 431 g/mol. The first-order valence-corrected chi connectivity index (χ1v) is 9.47. The Morgan fingerprint density at radius 1 is 1.10 bits per heavy atom. The van der Waals surface area contributed by atoms with E-state index in [2.05, 4.69) is 10.6 Å². The molecule has 2 rings (SSSR count). The van der Waals surface area contributed by atoms with E-state index in [-0.39, 0.29) is 12.2 Å². The van der Waals surface area contributed by atoms with E-state index >= 15 is 0 Å². The maximum Gasteiger partial charge on any atom is 0.312 e. The summed E-state index contributed by atoms with van der Waals surface area (Å²) in [6, 6.07) is 11.4. The molecular formula is C21H22ClN3O5. The maximum atomic E-state index is 12.3. The second kappa shape index (κ2) is 10.4. The Bertz CT molecular complexity index is 963. The largest absolute Gasteiger partial charge is 0.452 e. The minimum absolute atomic E-state index is 0.141. The number of esters is 1. The summed E-state index contributed by atoms with van der Waals surface area (Å²) in [6.07, 6.45) is -1.39. The Kier molecular flexibility index (Phi) is 7.94. The van der Waals surface area contributed by atoms with Crippen molar-refractivity contribution in [3.8, 4) is 0 Å². The van der Waals surface area contributed by atoms with Crippen molar-refractivity contribution in [3.63, 3.8) is 0 Å². The number of carbonyl (C=O) groups excluding carboxylic acids is 4. The molecule has 8 nitrogen and oxygen atoms in total. The Labute approximate surface area is 178 Å². The minimum atomic E-state index is -1.11. The van der Waals surface area contributed by atoms with Crippen LogP contribution in [0.15, 0.2) is 48.5 Å². The van der Waals surface area contributed by atoms with Gasteiger partial charge in [0.15, 0.2) is 11.9 Å². The van der Waals surface area contributed by atoms with Gasteiger partial charge in [0.2, 0.25) is 0 Å². The highest BCUT2D eigenvalue weighted by atomic mass is 35.5. The summed E-state index contributed by atoms with van der Waals surface area (Å²) >= 11 is 6.13. The molecular weight excluding hydrogens is 410 g/mol. The van der Waals surface area contributed by atoms with Gasteiger partial charge in [0.25, 0.3) is 5.91 Å². The third kappa shape index (κ3) is 6.59. The number of hydrogen-bond acceptors (Lipinski definition) is 5. The Balaban J connectivity index is 2.01. The van der Waals surface area contributed by atoms with Gasteiger partial charge < -0.3 is 21.1 Å². The molecule has 0 heterocycles. The van der Waals surface area contributed by atoms with Gasteiger partial charge in [0.05, 0.1) is 12.5 Å². The fourth-order valence-corrected chi connectivity index (χ4v) is 2.96. The first-order valence-electron chi connectivity index (χ1n) is 9.09. The number of ether oxygens (including phenoxy) is 1. The molecule has 0 fully saturated rings. The van der Waals surface area contributed by atoms with Crippen LogP contribution in [0.1, 0.15) is 42.2 Å². The molecule has 0 aliphatic rings. The number of rotatable bonds is 8. The molecule has 0 aliphatic carbocycles. The number of halogens is 1. The average Bonchev–Trinajstić information content (AvgIpc) is 2.67. The van der Waals surface area contributed by atoms with Gasteiger partial charge in [-0.05, 0) is 37.6 Å². The molecule has 4 N–H and O–H groups in total. The third-order valence-electron chi connectivity index (χ3n) is 4.18. The number of nitrogens with one attached hydrogen (secondary N) is 2. The summed E-state index contributed by atoms with van der Waals surface area (Å²) in [5.41, 5.74) is 6.53. The van der Waals surface area contributed by atoms with Gasteiger partial charge in [-0.15, -0.1) is 0 Å². The van der Waals surface area contributed by atoms with Crippen LogP contribution in [0.3, 0.4) is 0 Å². The molecule has 0 aromatic heterocycles. The molecule has 0 saturated carbocycles. The van der Waals surface area contributed by atoms with E-state index in [9.17, 15) is 19.2 Å². The molecule has 0 saturated heterocycles. The van der Waals surface area contributed by atoms with E-state index < -0.39 is 30.1 Å². The van der Waals surface area contributed by atoms with E-state index in [1.54, 1.807) is 42.5 Å². The molecule has 30 heavy (non-hydrogen) atoms. The molecule has 0 radical (unpaired) electrons. The predicted octanol–water partition coefficient (Wildman–Crippen LogP) is 3.21. The normalized spacial score (nSPS) is 12.4. The van der Waals surface area contributed by atoms with Crippen LogP contribution < -0.4 is 16.4 Å². The van der Waals surface area contributed by atoms with Crippen LogP contribution in [-0.4, -0.2) is 29.8 Å². The number of ketones is 1. The van der Waals surface area contributed by atoms with Crippen molar-refractivity contribution in [2.45, 2.75) is 32.4 Å². The van der Waals surface area contributed by atoms with Crippen LogP contribution in [-0.2, 0) is 14.3 Å². The molecule has 0 bridgehead atoms. The molecule has 0 unspecified atom stereocenters. The van der Waals surface area contributed by atoms with Crippen LogP contribution in [0.4, 0.5) is 10.5 Å². The molecule has 0 spiro atoms. The standard InChI is InChI=1S/C21H22ClN3O5/c1-12(26)14-6-5-7-15(10-14)24-20(28)13(2)30-19(27)11-18(25-21(23)29)16-8-3-4-9-17(16)22/h3-10,13,18H,11H2,1-2H3,(H,24,28)(H3,23,25,29)/t13-,18-/m1/s1. The number of primary amides is 1. The van der Waals surface area contributed by atoms with Gasteiger partial charge in [-0.25, -0.2) is 4.79 Å². The van der Waals surface area contributed by atoms with E-state index in [0.29, 0.717) is 21.8 Å². The second-order valence-corrected chi connectivity index (χ2v) is 6.95. The Hall–Kier alpha value is -3.39. The summed E-state index contributed by atoms with van der Waals surface area (Å²) in [6.45, 7) is 2.83. The number of amides is 3. The number of Topliss-reactive ketones (excluding diaryl/α,β-unsaturated/α-hetero) is 1. The summed E-state index contributed by atoms with van der Waals surface area (Å²) < 4.78 is 5.18. The third-order valence-corrected chi connectivity index (χ3v) is 4.53. The van der Waals surface area contributed by atoms with Crippen LogP contribution in [0.5, 0.6) is 0 Å². The lowest BCUT2D eigenvalue weighted by Gasteiger charge is -2.20. The smallest absolute Gasteiger partial charge is 0.312 e. The van der Waals surface area contributed by atoms with Crippen molar-refractivity contribution in [1.82, 2.24) is 5.32 Å². The quantitative estimate of drug-likeness (QED) is 0.436. The molecule has 158 valence electrons. The van der Waals surface area contributed by atoms with Crippen molar-refractivity contribution in [1.29, 1.82) is 0 Å². The van der Waals surface area contributed by atoms with Crippen molar-refractivity contribution in [2.24, 2.45) is 5.73 Å². The molecule has 9 heteroatoms. The van der Waals surface area contributed by atoms with Crippen LogP contribution in [0, 0.1) is 0 Å². The number of benzene rings is 2. The maximum absolute atomic E-state index is 12.3. The molecule has 3 amide bonds. The zero-order chi connectivity index (χ0) is 22.3. The number of anilines is 1. The first kappa shape index (κ1) is 22.9. The highest BCUT2D eigenvalue weighted by molar-refractivity contribution is 6.31. The van der Waals surface area contributed by atoms with Gasteiger partial charge in [-0.3, -0.25) is 14.4 Å². The molecule has 2 aromatic carbocycles. The molecule has 2 atom stereocenters. The van der Waals surface area contributed by atoms with Gasteiger partial charge in [-0.1, -0.05) is 41.9 Å². The number of nitrogens with two attached hydrogens (primary N) is 1. The first-order chi connectivity index (χ1) is 14.2. The highest BCUT2D eigenvalue weighted by Crippen LogP contribution is 2.25. The molecule has 0 aliphatic heterocycles. The summed E-state index contributed by atoms with van der Waals surface area (Å²) in [7, 11) is 0. The van der Waals surface area contributed by atoms with Gasteiger partial charge in [0.1, 0.15) is 0 Å². The zero-order valence-corrected chi connectivity index (χ0v) is 17.2. The summed E-state index contributed by atoms with van der Waals surface area (Å²) in [4.78, 5) is 47.4. The average molecular weight is 432 g/mol. The van der Waals surface area contributed by atoms with E-state index in [0.717, 1.165) is 0 Å². The number of hydrogen-bond donors (Lipinski definition) is 3. The topological polar surface area (TPSA) is 128 Å².